The van der Waals surface area contributed by atoms with Crippen molar-refractivity contribution in [2.75, 3.05) is 5.32 Å². The Morgan fingerprint density at radius 3 is 2.48 bits per heavy atom. The molecule has 0 saturated heterocycles. The van der Waals surface area contributed by atoms with Crippen LogP contribution < -0.4 is 16.4 Å². The van der Waals surface area contributed by atoms with Gasteiger partial charge < -0.3 is 16.4 Å². The van der Waals surface area contributed by atoms with Crippen molar-refractivity contribution >= 4 is 29.9 Å². The molecule has 0 spiro atoms. The number of carbonyl (C=O) groups excluding carboxylic acids is 2. The summed E-state index contributed by atoms with van der Waals surface area (Å²) in [7, 11) is 0. The summed E-state index contributed by atoms with van der Waals surface area (Å²) in [6.45, 7) is 5.74. The summed E-state index contributed by atoms with van der Waals surface area (Å²) in [5.41, 5.74) is 8.10. The number of halogens is 1. The third-order valence-corrected chi connectivity index (χ3v) is 4.01. The fraction of sp³-hybridized carbons (Fsp3) is 0.529. The Morgan fingerprint density at radius 2 is 1.96 bits per heavy atom. The van der Waals surface area contributed by atoms with Gasteiger partial charge in [0.2, 0.25) is 5.91 Å². The number of hydrogen-bond acceptors (Lipinski definition) is 3. The van der Waals surface area contributed by atoms with Crippen molar-refractivity contribution in [1.29, 1.82) is 0 Å². The molecular formula is C17H26ClN3O2. The van der Waals surface area contributed by atoms with Crippen LogP contribution in [0.2, 0.25) is 0 Å². The second-order valence-electron chi connectivity index (χ2n) is 6.42. The molecular weight excluding hydrogens is 314 g/mol. The third-order valence-electron chi connectivity index (χ3n) is 4.01. The highest BCUT2D eigenvalue weighted by molar-refractivity contribution is 5.97. The highest BCUT2D eigenvalue weighted by atomic mass is 35.5. The molecule has 1 aromatic rings. The molecule has 2 amide bonds. The smallest absolute Gasteiger partial charge is 0.251 e. The summed E-state index contributed by atoms with van der Waals surface area (Å²) in [5.74, 6) is -0.0773. The zero-order valence-corrected chi connectivity index (χ0v) is 14.7. The van der Waals surface area contributed by atoms with Gasteiger partial charge in [0.1, 0.15) is 0 Å². The lowest BCUT2D eigenvalue weighted by Crippen LogP contribution is -2.30. The number of amides is 2. The van der Waals surface area contributed by atoms with Crippen molar-refractivity contribution in [3.63, 3.8) is 0 Å². The van der Waals surface area contributed by atoms with Crippen LogP contribution in [0.25, 0.3) is 0 Å². The van der Waals surface area contributed by atoms with Gasteiger partial charge in [-0.2, -0.15) is 0 Å². The highest BCUT2D eigenvalue weighted by Crippen LogP contribution is 2.26. The van der Waals surface area contributed by atoms with Gasteiger partial charge in [-0.25, -0.2) is 0 Å². The zero-order valence-electron chi connectivity index (χ0n) is 13.9. The van der Waals surface area contributed by atoms with E-state index in [2.05, 4.69) is 10.6 Å². The molecule has 1 fully saturated rings. The lowest BCUT2D eigenvalue weighted by atomic mass is 10.1. The van der Waals surface area contributed by atoms with Crippen LogP contribution in [0, 0.1) is 12.8 Å². The first-order valence-corrected chi connectivity index (χ1v) is 7.84. The molecule has 0 bridgehead atoms. The summed E-state index contributed by atoms with van der Waals surface area (Å²) in [5, 5.41) is 5.81. The number of aryl methyl sites for hydroxylation is 1. The van der Waals surface area contributed by atoms with Crippen LogP contribution in [0.15, 0.2) is 18.2 Å². The van der Waals surface area contributed by atoms with E-state index in [0.717, 1.165) is 30.5 Å². The highest BCUT2D eigenvalue weighted by Gasteiger charge is 2.27. The average Bonchev–Trinajstić information content (AvgIpc) is 2.87. The maximum absolute atomic E-state index is 12.2. The van der Waals surface area contributed by atoms with Crippen LogP contribution in [-0.2, 0) is 4.79 Å². The van der Waals surface area contributed by atoms with Crippen LogP contribution in [0.1, 0.15) is 49.0 Å². The van der Waals surface area contributed by atoms with Gasteiger partial charge in [-0.3, -0.25) is 9.59 Å². The fourth-order valence-corrected chi connectivity index (χ4v) is 2.78. The predicted molar refractivity (Wildman–Crippen MR) is 95.0 cm³/mol. The Labute approximate surface area is 143 Å². The van der Waals surface area contributed by atoms with E-state index >= 15 is 0 Å². The molecule has 1 aromatic carbocycles. The van der Waals surface area contributed by atoms with Crippen molar-refractivity contribution < 1.29 is 9.59 Å². The second kappa shape index (κ2) is 8.31. The van der Waals surface area contributed by atoms with Crippen LogP contribution in [-0.4, -0.2) is 23.9 Å². The van der Waals surface area contributed by atoms with Crippen molar-refractivity contribution in [3.05, 3.63) is 29.3 Å². The Kier molecular flexibility index (Phi) is 7.03. The van der Waals surface area contributed by atoms with Gasteiger partial charge >= 0.3 is 0 Å². The first-order chi connectivity index (χ1) is 10.4. The molecule has 23 heavy (non-hydrogen) atoms. The molecule has 2 atom stereocenters. The number of benzene rings is 1. The third kappa shape index (κ3) is 5.22. The second-order valence-corrected chi connectivity index (χ2v) is 6.42. The maximum Gasteiger partial charge on any atom is 0.251 e. The number of hydrogen-bond donors (Lipinski definition) is 3. The van der Waals surface area contributed by atoms with Crippen molar-refractivity contribution in [3.8, 4) is 0 Å². The summed E-state index contributed by atoms with van der Waals surface area (Å²) < 4.78 is 0. The lowest BCUT2D eigenvalue weighted by Gasteiger charge is -2.14. The first kappa shape index (κ1) is 19.5. The Hall–Kier alpha value is -1.59. The molecule has 5 nitrogen and oxygen atoms in total. The Morgan fingerprint density at radius 1 is 1.26 bits per heavy atom. The molecule has 0 radical (unpaired) electrons. The van der Waals surface area contributed by atoms with E-state index < -0.39 is 0 Å². The molecule has 2 rings (SSSR count). The van der Waals surface area contributed by atoms with Gasteiger partial charge in [-0.1, -0.05) is 0 Å². The SMILES string of the molecule is Cc1cc(C(=O)NC(C)C)ccc1NC(=O)C1CCC(N)C1.Cl. The molecule has 128 valence electrons. The average molecular weight is 340 g/mol. The molecule has 6 heteroatoms. The molecule has 1 aliphatic rings. The minimum atomic E-state index is -0.0993. The van der Waals surface area contributed by atoms with Gasteiger partial charge in [0.15, 0.2) is 0 Å². The van der Waals surface area contributed by atoms with Crippen molar-refractivity contribution in [2.24, 2.45) is 11.7 Å². The molecule has 0 aliphatic heterocycles. The fourth-order valence-electron chi connectivity index (χ4n) is 2.78. The van der Waals surface area contributed by atoms with Crippen molar-refractivity contribution in [1.82, 2.24) is 5.32 Å². The molecule has 1 aliphatic carbocycles. The standard InChI is InChI=1S/C17H25N3O2.ClH/c1-10(2)19-16(21)12-5-7-15(11(3)8-12)20-17(22)13-4-6-14(18)9-13;/h5,7-8,10,13-14H,4,6,9,18H2,1-3H3,(H,19,21)(H,20,22);1H. The van der Waals surface area contributed by atoms with Crippen LogP contribution in [0.5, 0.6) is 0 Å². The van der Waals surface area contributed by atoms with Crippen LogP contribution in [0.3, 0.4) is 0 Å². The van der Waals surface area contributed by atoms with E-state index in [4.69, 9.17) is 5.73 Å². The van der Waals surface area contributed by atoms with E-state index in [1.54, 1.807) is 18.2 Å². The monoisotopic (exact) mass is 339 g/mol. The van der Waals surface area contributed by atoms with Gasteiger partial charge in [0.05, 0.1) is 0 Å². The minimum Gasteiger partial charge on any atom is -0.350 e. The molecule has 0 heterocycles. The number of nitrogens with one attached hydrogen (secondary N) is 2. The largest absolute Gasteiger partial charge is 0.350 e. The summed E-state index contributed by atoms with van der Waals surface area (Å²) >= 11 is 0. The molecule has 4 N–H and O–H groups in total. The van der Waals surface area contributed by atoms with E-state index in [-0.39, 0.29) is 42.2 Å². The topological polar surface area (TPSA) is 84.2 Å². The van der Waals surface area contributed by atoms with E-state index in [1.165, 1.54) is 0 Å². The first-order valence-electron chi connectivity index (χ1n) is 7.84. The normalized spacial score (nSPS) is 20.0. The number of carbonyl (C=O) groups is 2. The summed E-state index contributed by atoms with van der Waals surface area (Å²) in [6, 6.07) is 5.56. The summed E-state index contributed by atoms with van der Waals surface area (Å²) in [6.07, 6.45) is 2.51. The maximum atomic E-state index is 12.2. The number of nitrogens with two attached hydrogens (primary N) is 1. The van der Waals surface area contributed by atoms with Crippen LogP contribution in [0.4, 0.5) is 5.69 Å². The van der Waals surface area contributed by atoms with Crippen LogP contribution >= 0.6 is 12.4 Å². The van der Waals surface area contributed by atoms with E-state index in [1.807, 2.05) is 20.8 Å². The zero-order chi connectivity index (χ0) is 16.3. The predicted octanol–water partition coefficient (Wildman–Crippen LogP) is 2.62. The van der Waals surface area contributed by atoms with Gasteiger partial charge in [0, 0.05) is 29.3 Å². The molecule has 0 aromatic heterocycles. The number of rotatable bonds is 4. The quantitative estimate of drug-likeness (QED) is 0.788. The molecule has 1 saturated carbocycles. The lowest BCUT2D eigenvalue weighted by molar-refractivity contribution is -0.119. The Bertz CT molecular complexity index is 575. The van der Waals surface area contributed by atoms with Gasteiger partial charge in [-0.05, 0) is 63.8 Å². The van der Waals surface area contributed by atoms with Crippen molar-refractivity contribution in [2.45, 2.75) is 52.1 Å². The Balaban J connectivity index is 0.00000264. The van der Waals surface area contributed by atoms with Gasteiger partial charge in [0.25, 0.3) is 5.91 Å². The summed E-state index contributed by atoms with van der Waals surface area (Å²) in [4.78, 5) is 24.2. The van der Waals surface area contributed by atoms with E-state index in [0.29, 0.717) is 5.56 Å². The number of anilines is 1. The molecule has 2 unspecified atom stereocenters. The minimum absolute atomic E-state index is 0. The van der Waals surface area contributed by atoms with E-state index in [9.17, 15) is 9.59 Å². The van der Waals surface area contributed by atoms with Gasteiger partial charge in [-0.15, -0.1) is 12.4 Å².